The molecule has 154 valence electrons. The fraction of sp³-hybridized carbons (Fsp3) is 0.478. The van der Waals surface area contributed by atoms with Crippen molar-refractivity contribution in [1.29, 1.82) is 10.8 Å². The number of hydrogen-bond donors (Lipinski definition) is 4. The van der Waals surface area contributed by atoms with E-state index in [-0.39, 0.29) is 5.84 Å². The van der Waals surface area contributed by atoms with Crippen LogP contribution in [0.25, 0.3) is 0 Å². The van der Waals surface area contributed by atoms with Crippen molar-refractivity contribution in [3.05, 3.63) is 59.3 Å². The highest BCUT2D eigenvalue weighted by Gasteiger charge is 2.28. The van der Waals surface area contributed by atoms with Crippen LogP contribution in [0.3, 0.4) is 0 Å². The van der Waals surface area contributed by atoms with Crippen molar-refractivity contribution in [2.24, 2.45) is 23.5 Å². The summed E-state index contributed by atoms with van der Waals surface area (Å²) in [7, 11) is 0. The Morgan fingerprint density at radius 2 is 1.89 bits per heavy atom. The lowest BCUT2D eigenvalue weighted by molar-refractivity contribution is 0.231. The van der Waals surface area contributed by atoms with Gasteiger partial charge in [-0.15, -0.1) is 0 Å². The predicted molar refractivity (Wildman–Crippen MR) is 118 cm³/mol. The van der Waals surface area contributed by atoms with E-state index in [0.29, 0.717) is 23.7 Å². The molecule has 0 saturated carbocycles. The first kappa shape index (κ1) is 23.6. The van der Waals surface area contributed by atoms with E-state index in [1.165, 1.54) is 5.56 Å². The van der Waals surface area contributed by atoms with Gasteiger partial charge in [0.1, 0.15) is 12.0 Å². The topological polar surface area (TPSA) is 85.8 Å². The molecule has 0 fully saturated rings. The number of nitrogens with one attached hydrogen (secondary N) is 3. The molecule has 2 rings (SSSR count). The summed E-state index contributed by atoms with van der Waals surface area (Å²) in [4.78, 5) is 0. The molecule has 0 aromatic heterocycles. The first-order chi connectivity index (χ1) is 13.3. The molecule has 28 heavy (non-hydrogen) atoms. The van der Waals surface area contributed by atoms with Gasteiger partial charge in [0.25, 0.3) is 0 Å². The monoisotopic (exact) mass is 386 g/mol. The Morgan fingerprint density at radius 3 is 2.50 bits per heavy atom. The molecular formula is C23H35FN4. The molecule has 1 aromatic carbocycles. The summed E-state index contributed by atoms with van der Waals surface area (Å²) in [5, 5.41) is 16.6. The second kappa shape index (κ2) is 11.4. The van der Waals surface area contributed by atoms with Crippen molar-refractivity contribution in [3.8, 4) is 0 Å². The molecule has 0 radical (unpaired) electrons. The zero-order chi connectivity index (χ0) is 21.3. The van der Waals surface area contributed by atoms with Crippen molar-refractivity contribution >= 4 is 12.6 Å². The summed E-state index contributed by atoms with van der Waals surface area (Å²) in [6.07, 6.45) is 5.71. The zero-order valence-electron chi connectivity index (χ0n) is 17.5. The van der Waals surface area contributed by atoms with Crippen molar-refractivity contribution in [2.45, 2.75) is 46.2 Å². The van der Waals surface area contributed by atoms with E-state index in [2.05, 4.69) is 44.9 Å². The van der Waals surface area contributed by atoms with Crippen LogP contribution in [0, 0.1) is 28.6 Å². The second-order valence-electron chi connectivity index (χ2n) is 7.63. The minimum absolute atomic E-state index is 0.0870. The Balaban J connectivity index is 0.00000190. The van der Waals surface area contributed by atoms with E-state index in [4.69, 9.17) is 16.6 Å². The van der Waals surface area contributed by atoms with Gasteiger partial charge in [-0.05, 0) is 67.1 Å². The lowest BCUT2D eigenvalue weighted by atomic mass is 9.72. The predicted octanol–water partition coefficient (Wildman–Crippen LogP) is 5.34. The van der Waals surface area contributed by atoms with Crippen molar-refractivity contribution in [1.82, 2.24) is 5.32 Å². The fourth-order valence-electron chi connectivity index (χ4n) is 3.75. The van der Waals surface area contributed by atoms with Gasteiger partial charge in [-0.25, -0.2) is 4.39 Å². The minimum atomic E-state index is -0.957. The van der Waals surface area contributed by atoms with Gasteiger partial charge < -0.3 is 16.5 Å². The molecular weight excluding hydrogens is 351 g/mol. The van der Waals surface area contributed by atoms with Gasteiger partial charge in [0, 0.05) is 12.1 Å². The lowest BCUT2D eigenvalue weighted by Gasteiger charge is -2.34. The van der Waals surface area contributed by atoms with Crippen molar-refractivity contribution < 1.29 is 4.39 Å². The molecule has 5 N–H and O–H groups in total. The number of halogens is 1. The van der Waals surface area contributed by atoms with Crippen molar-refractivity contribution in [2.75, 3.05) is 6.54 Å². The van der Waals surface area contributed by atoms with Gasteiger partial charge in [0.2, 0.25) is 0 Å². The standard InChI is InChI=1S/C22H32FN3.CH3N/c1-14-13-26-11-10-18(22(24)25)8-9-21(15(14)2)16(3)19-6-5-7-20(12-19)17(4)23;1-2/h5-8,10-12,14-17,21,26H,9,13H2,1-4H3,(H3,24,25);2H,1H2/b11-10-,18-8+;. The van der Waals surface area contributed by atoms with Gasteiger partial charge >= 0.3 is 0 Å². The van der Waals surface area contributed by atoms with Crippen LogP contribution in [-0.2, 0) is 0 Å². The van der Waals surface area contributed by atoms with E-state index in [1.54, 1.807) is 6.92 Å². The second-order valence-corrected chi connectivity index (χ2v) is 7.63. The number of nitrogens with two attached hydrogens (primary N) is 1. The Bertz CT molecular complexity index is 696. The molecule has 4 nitrogen and oxygen atoms in total. The number of benzene rings is 1. The molecule has 1 aliphatic rings. The molecule has 5 unspecified atom stereocenters. The van der Waals surface area contributed by atoms with Gasteiger partial charge in [-0.3, -0.25) is 5.41 Å². The van der Waals surface area contributed by atoms with E-state index >= 15 is 0 Å². The van der Waals surface area contributed by atoms with Crippen molar-refractivity contribution in [3.63, 3.8) is 0 Å². The van der Waals surface area contributed by atoms with Gasteiger partial charge in [0.05, 0.1) is 0 Å². The highest BCUT2D eigenvalue weighted by molar-refractivity contribution is 5.97. The summed E-state index contributed by atoms with van der Waals surface area (Å²) in [6.45, 7) is 11.8. The highest BCUT2D eigenvalue weighted by atomic mass is 19.1. The average Bonchev–Trinajstić information content (AvgIpc) is 2.70. The van der Waals surface area contributed by atoms with Crippen LogP contribution in [0.15, 0.2) is 48.2 Å². The third kappa shape index (κ3) is 6.32. The van der Waals surface area contributed by atoms with Gasteiger partial charge in [-0.2, -0.15) is 0 Å². The Labute approximate surface area is 169 Å². The maximum atomic E-state index is 13.8. The number of alkyl halides is 1. The SMILES string of the molecule is C=N.CC(F)c1cccc(C(C)C2C/C=C(C(=N)N)\C=C/NCC(C)C2C)c1. The first-order valence-corrected chi connectivity index (χ1v) is 9.85. The Kier molecular flexibility index (Phi) is 9.63. The Hall–Kier alpha value is -2.43. The molecule has 0 spiro atoms. The fourth-order valence-corrected chi connectivity index (χ4v) is 3.75. The molecule has 1 aromatic rings. The zero-order valence-corrected chi connectivity index (χ0v) is 17.5. The molecule has 0 bridgehead atoms. The summed E-state index contributed by atoms with van der Waals surface area (Å²) in [6, 6.07) is 7.90. The van der Waals surface area contributed by atoms with Crippen LogP contribution in [0.1, 0.15) is 57.3 Å². The maximum absolute atomic E-state index is 13.8. The summed E-state index contributed by atoms with van der Waals surface area (Å²) >= 11 is 0. The number of amidine groups is 1. The van der Waals surface area contributed by atoms with Gasteiger partial charge in [-0.1, -0.05) is 51.1 Å². The lowest BCUT2D eigenvalue weighted by Crippen LogP contribution is -2.30. The number of rotatable bonds is 4. The van der Waals surface area contributed by atoms with Crippen LogP contribution in [0.2, 0.25) is 0 Å². The number of allylic oxidation sites excluding steroid dienone is 1. The van der Waals surface area contributed by atoms with E-state index < -0.39 is 6.17 Å². The summed E-state index contributed by atoms with van der Waals surface area (Å²) in [5.74, 6) is 1.74. The largest absolute Gasteiger partial charge is 0.391 e. The molecule has 5 atom stereocenters. The third-order valence-corrected chi connectivity index (χ3v) is 5.85. The highest BCUT2D eigenvalue weighted by Crippen LogP contribution is 2.37. The molecule has 1 heterocycles. The molecule has 5 heteroatoms. The minimum Gasteiger partial charge on any atom is -0.391 e. The third-order valence-electron chi connectivity index (χ3n) is 5.85. The molecule has 1 aliphatic heterocycles. The smallest absolute Gasteiger partial charge is 0.122 e. The first-order valence-electron chi connectivity index (χ1n) is 9.85. The maximum Gasteiger partial charge on any atom is 0.122 e. The van der Waals surface area contributed by atoms with Crippen LogP contribution in [0.4, 0.5) is 4.39 Å². The average molecular weight is 387 g/mol. The quantitative estimate of drug-likeness (QED) is 0.416. The van der Waals surface area contributed by atoms with E-state index in [1.807, 2.05) is 30.5 Å². The van der Waals surface area contributed by atoms with Crippen LogP contribution < -0.4 is 11.1 Å². The summed E-state index contributed by atoms with van der Waals surface area (Å²) < 4.78 is 13.8. The van der Waals surface area contributed by atoms with E-state index in [9.17, 15) is 4.39 Å². The molecule has 0 amide bonds. The number of hydrogen-bond acceptors (Lipinski definition) is 3. The van der Waals surface area contributed by atoms with Crippen LogP contribution in [-0.4, -0.2) is 19.1 Å². The van der Waals surface area contributed by atoms with Crippen LogP contribution >= 0.6 is 0 Å². The van der Waals surface area contributed by atoms with E-state index in [0.717, 1.165) is 24.1 Å². The molecule has 0 saturated heterocycles. The van der Waals surface area contributed by atoms with Crippen LogP contribution in [0.5, 0.6) is 0 Å². The van der Waals surface area contributed by atoms with Gasteiger partial charge in [0.15, 0.2) is 0 Å². The summed E-state index contributed by atoms with van der Waals surface area (Å²) in [5.41, 5.74) is 8.38. The molecule has 0 aliphatic carbocycles. The Morgan fingerprint density at radius 1 is 1.25 bits per heavy atom. The normalized spacial score (nSPS) is 27.6.